The van der Waals surface area contributed by atoms with Gasteiger partial charge in [-0.2, -0.15) is 0 Å². The van der Waals surface area contributed by atoms with Crippen LogP contribution in [0, 0.1) is 0 Å². The fraction of sp³-hybridized carbons (Fsp3) is 0.200. The molecular formula is C10H12O2S2. The van der Waals surface area contributed by atoms with Crippen molar-refractivity contribution in [3.8, 4) is 0 Å². The molecule has 0 saturated heterocycles. The quantitative estimate of drug-likeness (QED) is 0.586. The molecule has 0 fully saturated rings. The first-order chi connectivity index (χ1) is 6.55. The topological polar surface area (TPSA) is 34.1 Å². The van der Waals surface area contributed by atoms with Crippen LogP contribution in [0.5, 0.6) is 0 Å². The zero-order chi connectivity index (χ0) is 10.6. The van der Waals surface area contributed by atoms with Crippen LogP contribution in [0.4, 0.5) is 0 Å². The maximum Gasteiger partial charge on any atom is 0.176 e. The highest BCUT2D eigenvalue weighted by Crippen LogP contribution is 2.25. The zero-order valence-electron chi connectivity index (χ0n) is 7.93. The van der Waals surface area contributed by atoms with E-state index in [-0.39, 0.29) is 0 Å². The highest BCUT2D eigenvalue weighted by atomic mass is 32.2. The van der Waals surface area contributed by atoms with Crippen LogP contribution in [0.3, 0.4) is 0 Å². The van der Waals surface area contributed by atoms with Crippen molar-refractivity contribution in [1.29, 1.82) is 0 Å². The van der Waals surface area contributed by atoms with E-state index in [4.69, 9.17) is 0 Å². The van der Waals surface area contributed by atoms with E-state index in [1.807, 2.05) is 12.1 Å². The van der Waals surface area contributed by atoms with Crippen molar-refractivity contribution in [1.82, 2.24) is 0 Å². The van der Waals surface area contributed by atoms with E-state index < -0.39 is 9.84 Å². The Labute approximate surface area is 89.0 Å². The lowest BCUT2D eigenvalue weighted by Gasteiger charge is -2.05. The normalized spacial score (nSPS) is 11.2. The van der Waals surface area contributed by atoms with Crippen molar-refractivity contribution in [2.45, 2.75) is 9.79 Å². The third-order valence-corrected chi connectivity index (χ3v) is 3.96. The number of hydrogen-bond donors (Lipinski definition) is 0. The molecule has 0 amide bonds. The number of thioether (sulfide) groups is 1. The Morgan fingerprint density at radius 2 is 2.07 bits per heavy atom. The van der Waals surface area contributed by atoms with E-state index >= 15 is 0 Å². The van der Waals surface area contributed by atoms with Crippen LogP contribution < -0.4 is 0 Å². The number of rotatable bonds is 4. The summed E-state index contributed by atoms with van der Waals surface area (Å²) in [6, 6.07) is 7.00. The minimum atomic E-state index is -3.12. The molecular weight excluding hydrogens is 216 g/mol. The van der Waals surface area contributed by atoms with Gasteiger partial charge in [-0.25, -0.2) is 8.42 Å². The van der Waals surface area contributed by atoms with Crippen LogP contribution >= 0.6 is 11.8 Å². The maximum atomic E-state index is 11.4. The van der Waals surface area contributed by atoms with Crippen LogP contribution in [0.25, 0.3) is 0 Å². The highest BCUT2D eigenvalue weighted by molar-refractivity contribution is 8.00. The van der Waals surface area contributed by atoms with Gasteiger partial charge in [0.05, 0.1) is 4.90 Å². The predicted octanol–water partition coefficient (Wildman–Crippen LogP) is 2.37. The zero-order valence-corrected chi connectivity index (χ0v) is 9.57. The van der Waals surface area contributed by atoms with E-state index in [0.29, 0.717) is 10.6 Å². The molecule has 0 unspecified atom stereocenters. The van der Waals surface area contributed by atoms with E-state index in [9.17, 15) is 8.42 Å². The van der Waals surface area contributed by atoms with Gasteiger partial charge in [0.25, 0.3) is 0 Å². The van der Waals surface area contributed by atoms with Crippen molar-refractivity contribution >= 4 is 21.6 Å². The molecule has 1 aromatic rings. The van der Waals surface area contributed by atoms with Crippen LogP contribution in [-0.4, -0.2) is 20.4 Å². The minimum absolute atomic E-state index is 0.395. The van der Waals surface area contributed by atoms with Crippen molar-refractivity contribution in [3.05, 3.63) is 36.9 Å². The Kier molecular flexibility index (Phi) is 3.77. The molecule has 0 spiro atoms. The van der Waals surface area contributed by atoms with Crippen LogP contribution in [0.1, 0.15) is 0 Å². The second-order valence-corrected chi connectivity index (χ2v) is 5.86. The molecule has 0 aromatic heterocycles. The molecule has 0 saturated carbocycles. The number of sulfone groups is 1. The molecule has 0 aliphatic rings. The van der Waals surface area contributed by atoms with Gasteiger partial charge >= 0.3 is 0 Å². The summed E-state index contributed by atoms with van der Waals surface area (Å²) in [5.74, 6) is 0.715. The molecule has 0 aliphatic heterocycles. The average Bonchev–Trinajstić information content (AvgIpc) is 2.14. The largest absolute Gasteiger partial charge is 0.224 e. The van der Waals surface area contributed by atoms with E-state index in [0.717, 1.165) is 4.90 Å². The third kappa shape index (κ3) is 2.89. The van der Waals surface area contributed by atoms with Gasteiger partial charge in [0.1, 0.15) is 0 Å². The molecule has 1 aromatic carbocycles. The van der Waals surface area contributed by atoms with Gasteiger partial charge in [0, 0.05) is 16.9 Å². The van der Waals surface area contributed by atoms with Gasteiger partial charge in [-0.05, 0) is 12.1 Å². The van der Waals surface area contributed by atoms with Gasteiger partial charge in [-0.15, -0.1) is 18.3 Å². The first-order valence-electron chi connectivity index (χ1n) is 4.08. The second-order valence-electron chi connectivity index (χ2n) is 2.82. The van der Waals surface area contributed by atoms with E-state index in [2.05, 4.69) is 6.58 Å². The Morgan fingerprint density at radius 3 is 2.64 bits per heavy atom. The minimum Gasteiger partial charge on any atom is -0.224 e. The van der Waals surface area contributed by atoms with Gasteiger partial charge in [0.15, 0.2) is 9.84 Å². The van der Waals surface area contributed by atoms with E-state index in [1.165, 1.54) is 18.0 Å². The Balaban J connectivity index is 3.10. The average molecular weight is 228 g/mol. The lowest BCUT2D eigenvalue weighted by molar-refractivity contribution is 0.600. The molecule has 0 heterocycles. The SMILES string of the molecule is C=CCSc1ccccc1S(C)(=O)=O. The first kappa shape index (κ1) is 11.3. The summed E-state index contributed by atoms with van der Waals surface area (Å²) in [5, 5.41) is 0. The number of benzene rings is 1. The molecule has 2 nitrogen and oxygen atoms in total. The molecule has 0 aliphatic carbocycles. The van der Waals surface area contributed by atoms with Crippen LogP contribution in [-0.2, 0) is 9.84 Å². The summed E-state index contributed by atoms with van der Waals surface area (Å²) >= 11 is 1.48. The molecule has 0 bridgehead atoms. The molecule has 0 N–H and O–H groups in total. The Hall–Kier alpha value is -0.740. The Bertz CT molecular complexity index is 422. The summed E-state index contributed by atoms with van der Waals surface area (Å²) in [6.45, 7) is 3.60. The standard InChI is InChI=1S/C10H12O2S2/c1-3-8-13-9-6-4-5-7-10(9)14(2,11)12/h3-7H,1,8H2,2H3. The summed E-state index contributed by atoms with van der Waals surface area (Å²) in [6.07, 6.45) is 2.98. The fourth-order valence-corrected chi connectivity index (χ4v) is 3.10. The second kappa shape index (κ2) is 4.66. The summed E-state index contributed by atoms with van der Waals surface area (Å²) in [5.41, 5.74) is 0. The van der Waals surface area contributed by atoms with Crippen molar-refractivity contribution in [2.75, 3.05) is 12.0 Å². The molecule has 1 rings (SSSR count). The highest BCUT2D eigenvalue weighted by Gasteiger charge is 2.11. The van der Waals surface area contributed by atoms with Gasteiger partial charge < -0.3 is 0 Å². The van der Waals surface area contributed by atoms with Crippen molar-refractivity contribution in [2.24, 2.45) is 0 Å². The lowest BCUT2D eigenvalue weighted by atomic mass is 10.4. The monoisotopic (exact) mass is 228 g/mol. The Morgan fingerprint density at radius 1 is 1.43 bits per heavy atom. The van der Waals surface area contributed by atoms with Crippen LogP contribution in [0.15, 0.2) is 46.7 Å². The smallest absolute Gasteiger partial charge is 0.176 e. The lowest BCUT2D eigenvalue weighted by Crippen LogP contribution is -1.98. The molecule has 0 radical (unpaired) electrons. The van der Waals surface area contributed by atoms with Gasteiger partial charge in [-0.1, -0.05) is 18.2 Å². The van der Waals surface area contributed by atoms with Crippen LogP contribution in [0.2, 0.25) is 0 Å². The summed E-state index contributed by atoms with van der Waals surface area (Å²) < 4.78 is 22.8. The fourth-order valence-electron chi connectivity index (χ4n) is 1.02. The van der Waals surface area contributed by atoms with Gasteiger partial charge in [-0.3, -0.25) is 0 Å². The third-order valence-electron chi connectivity index (χ3n) is 1.61. The van der Waals surface area contributed by atoms with Crippen molar-refractivity contribution in [3.63, 3.8) is 0 Å². The molecule has 76 valence electrons. The summed E-state index contributed by atoms with van der Waals surface area (Å²) in [4.78, 5) is 1.18. The predicted molar refractivity (Wildman–Crippen MR) is 60.5 cm³/mol. The molecule has 0 atom stereocenters. The maximum absolute atomic E-state index is 11.4. The molecule has 14 heavy (non-hydrogen) atoms. The molecule has 4 heteroatoms. The first-order valence-corrected chi connectivity index (χ1v) is 6.96. The van der Waals surface area contributed by atoms with Gasteiger partial charge in [0.2, 0.25) is 0 Å². The van der Waals surface area contributed by atoms with E-state index in [1.54, 1.807) is 18.2 Å². The summed E-state index contributed by atoms with van der Waals surface area (Å²) in [7, 11) is -3.12. The number of hydrogen-bond acceptors (Lipinski definition) is 3. The van der Waals surface area contributed by atoms with Crippen molar-refractivity contribution < 1.29 is 8.42 Å².